The van der Waals surface area contributed by atoms with Gasteiger partial charge in [0.15, 0.2) is 5.84 Å². The fraction of sp³-hybridized carbons (Fsp3) is 0.476. The third-order valence-electron chi connectivity index (χ3n) is 5.24. The minimum atomic E-state index is -4.95. The second-order valence-electron chi connectivity index (χ2n) is 7.44. The number of fused-ring (bicyclic) bond motifs is 1. The number of benzene rings is 1. The molecule has 1 amide bonds. The van der Waals surface area contributed by atoms with Gasteiger partial charge in [0.05, 0.1) is 17.5 Å². The van der Waals surface area contributed by atoms with Crippen molar-refractivity contribution in [3.63, 3.8) is 0 Å². The van der Waals surface area contributed by atoms with Crippen LogP contribution in [0.1, 0.15) is 30.5 Å². The largest absolute Gasteiger partial charge is 0.416 e. The summed E-state index contributed by atoms with van der Waals surface area (Å²) in [5, 5.41) is 10.2. The molecule has 3 aliphatic heterocycles. The van der Waals surface area contributed by atoms with Crippen LogP contribution >= 0.6 is 0 Å². The average Bonchev–Trinajstić information content (AvgIpc) is 3.27. The minimum Gasteiger partial charge on any atom is -0.352 e. The van der Waals surface area contributed by atoms with Crippen molar-refractivity contribution in [1.82, 2.24) is 20.2 Å². The van der Waals surface area contributed by atoms with Crippen molar-refractivity contribution in [2.75, 3.05) is 32.8 Å². The van der Waals surface area contributed by atoms with Crippen LogP contribution < -0.4 is 5.43 Å². The molecule has 0 radical (unpaired) electrons. The van der Waals surface area contributed by atoms with Gasteiger partial charge < -0.3 is 9.80 Å². The van der Waals surface area contributed by atoms with Crippen LogP contribution in [-0.2, 0) is 23.6 Å². The lowest BCUT2D eigenvalue weighted by atomic mass is 10.0. The summed E-state index contributed by atoms with van der Waals surface area (Å²) in [4.78, 5) is 16.0. The monoisotopic (exact) mass is 490 g/mol. The minimum absolute atomic E-state index is 0.0528. The maximum atomic E-state index is 13.0. The molecule has 0 saturated carbocycles. The Labute approximate surface area is 192 Å². The Bertz CT molecular complexity index is 960. The molecule has 186 valence electrons. The van der Waals surface area contributed by atoms with Crippen LogP contribution in [0.3, 0.4) is 0 Å². The van der Waals surface area contributed by atoms with E-state index in [2.05, 4.69) is 15.6 Å². The van der Waals surface area contributed by atoms with E-state index in [0.29, 0.717) is 43.6 Å². The zero-order valence-electron chi connectivity index (χ0n) is 18.5. The van der Waals surface area contributed by atoms with Crippen molar-refractivity contribution in [1.29, 1.82) is 0 Å². The first-order valence-corrected chi connectivity index (χ1v) is 10.7. The van der Waals surface area contributed by atoms with Gasteiger partial charge in [-0.1, -0.05) is 13.8 Å². The highest BCUT2D eigenvalue weighted by Crippen LogP contribution is 2.36. The highest BCUT2D eigenvalue weighted by Gasteiger charge is 2.37. The maximum absolute atomic E-state index is 13.0. The van der Waals surface area contributed by atoms with E-state index in [1.54, 1.807) is 17.2 Å². The van der Waals surface area contributed by atoms with Crippen LogP contribution in [0.5, 0.6) is 0 Å². The molecule has 0 spiro atoms. The zero-order valence-corrected chi connectivity index (χ0v) is 18.5. The predicted molar refractivity (Wildman–Crippen MR) is 114 cm³/mol. The number of nitrogens with zero attached hydrogens (tertiary/aromatic N) is 5. The van der Waals surface area contributed by atoms with Gasteiger partial charge >= 0.3 is 12.4 Å². The summed E-state index contributed by atoms with van der Waals surface area (Å²) in [6.45, 7) is 5.85. The molecule has 3 aliphatic rings. The number of amides is 1. The van der Waals surface area contributed by atoms with Gasteiger partial charge in [0.1, 0.15) is 12.5 Å². The molecule has 0 atom stereocenters. The van der Waals surface area contributed by atoms with Crippen molar-refractivity contribution in [2.45, 2.75) is 32.6 Å². The van der Waals surface area contributed by atoms with Gasteiger partial charge in [-0.15, -0.1) is 0 Å². The van der Waals surface area contributed by atoms with Gasteiger partial charge in [0, 0.05) is 26.2 Å². The molecule has 0 bridgehead atoms. The molecule has 1 aromatic rings. The number of hydrogen-bond acceptors (Lipinski definition) is 6. The predicted octanol–water partition coefficient (Wildman–Crippen LogP) is 3.50. The Morgan fingerprint density at radius 1 is 0.912 bits per heavy atom. The Kier molecular flexibility index (Phi) is 7.41. The van der Waals surface area contributed by atoms with Gasteiger partial charge in [0.2, 0.25) is 5.91 Å². The fourth-order valence-corrected chi connectivity index (χ4v) is 3.60. The lowest BCUT2D eigenvalue weighted by molar-refractivity contribution is -0.143. The second kappa shape index (κ2) is 9.94. The maximum Gasteiger partial charge on any atom is 0.416 e. The molecule has 4 rings (SSSR count). The number of hydrazone groups is 2. The Hall–Kier alpha value is -3.25. The topological polar surface area (TPSA) is 63.5 Å². The summed E-state index contributed by atoms with van der Waals surface area (Å²) in [6.07, 6.45) is -6.86. The third kappa shape index (κ3) is 5.81. The molecule has 3 heterocycles. The number of carbonyl (C=O) groups is 1. The van der Waals surface area contributed by atoms with Crippen LogP contribution in [-0.4, -0.2) is 65.2 Å². The van der Waals surface area contributed by atoms with Crippen molar-refractivity contribution in [2.24, 2.45) is 10.2 Å². The van der Waals surface area contributed by atoms with Crippen LogP contribution in [0, 0.1) is 0 Å². The molecule has 0 aliphatic carbocycles. The lowest BCUT2D eigenvalue weighted by Gasteiger charge is -2.36. The normalized spacial score (nSPS) is 17.9. The van der Waals surface area contributed by atoms with Crippen LogP contribution in [0.15, 0.2) is 40.6 Å². The van der Waals surface area contributed by atoms with Crippen LogP contribution in [0.4, 0.5) is 26.3 Å². The molecular formula is C21H24F6N6O. The number of hydrogen-bond donors (Lipinski definition) is 1. The fourth-order valence-electron chi connectivity index (χ4n) is 3.60. The second-order valence-corrected chi connectivity index (χ2v) is 7.44. The van der Waals surface area contributed by atoms with Gasteiger partial charge in [-0.25, -0.2) is 5.01 Å². The Morgan fingerprint density at radius 2 is 1.47 bits per heavy atom. The molecule has 1 aromatic carbocycles. The summed E-state index contributed by atoms with van der Waals surface area (Å²) in [7, 11) is 0. The quantitative estimate of drug-likeness (QED) is 0.645. The number of piperazine rings is 1. The van der Waals surface area contributed by atoms with E-state index in [-0.39, 0.29) is 24.7 Å². The first-order valence-electron chi connectivity index (χ1n) is 10.7. The van der Waals surface area contributed by atoms with Gasteiger partial charge in [-0.2, -0.15) is 36.5 Å². The van der Waals surface area contributed by atoms with E-state index in [9.17, 15) is 31.1 Å². The summed E-state index contributed by atoms with van der Waals surface area (Å²) in [5.41, 5.74) is -0.382. The van der Waals surface area contributed by atoms with E-state index >= 15 is 0 Å². The summed E-state index contributed by atoms with van der Waals surface area (Å²) < 4.78 is 78.2. The van der Waals surface area contributed by atoms with Crippen molar-refractivity contribution >= 4 is 17.6 Å². The van der Waals surface area contributed by atoms with E-state index < -0.39 is 35.8 Å². The molecule has 34 heavy (non-hydrogen) atoms. The highest BCUT2D eigenvalue weighted by molar-refractivity contribution is 6.05. The Morgan fingerprint density at radius 3 is 2.03 bits per heavy atom. The third-order valence-corrected chi connectivity index (χ3v) is 5.24. The molecule has 1 fully saturated rings. The summed E-state index contributed by atoms with van der Waals surface area (Å²) >= 11 is 0. The number of rotatable bonds is 2. The van der Waals surface area contributed by atoms with Crippen LogP contribution in [0.25, 0.3) is 0 Å². The number of amidine groups is 2. The summed E-state index contributed by atoms with van der Waals surface area (Å²) in [5.74, 6) is 0.839. The van der Waals surface area contributed by atoms with Gasteiger partial charge in [-0.05, 0) is 35.9 Å². The zero-order chi connectivity index (χ0) is 25.1. The van der Waals surface area contributed by atoms with Crippen molar-refractivity contribution in [3.05, 3.63) is 47.0 Å². The van der Waals surface area contributed by atoms with E-state index in [1.165, 1.54) is 4.90 Å². The molecule has 7 nitrogen and oxygen atoms in total. The first-order chi connectivity index (χ1) is 16.0. The molecule has 0 aromatic heterocycles. The molecule has 13 heteroatoms. The Balaban J connectivity index is 0.00000158. The van der Waals surface area contributed by atoms with E-state index in [0.717, 1.165) is 0 Å². The smallest absolute Gasteiger partial charge is 0.352 e. The van der Waals surface area contributed by atoms with E-state index in [4.69, 9.17) is 0 Å². The van der Waals surface area contributed by atoms with E-state index in [1.807, 2.05) is 18.7 Å². The number of nitrogens with one attached hydrogen (secondary N) is 1. The number of halogens is 6. The highest BCUT2D eigenvalue weighted by atomic mass is 19.4. The van der Waals surface area contributed by atoms with Crippen LogP contribution in [0.2, 0.25) is 0 Å². The summed E-state index contributed by atoms with van der Waals surface area (Å²) in [6, 6.07) is 1.24. The number of alkyl halides is 6. The molecular weight excluding hydrogens is 466 g/mol. The molecule has 1 N–H and O–H groups in total. The van der Waals surface area contributed by atoms with Crippen molar-refractivity contribution in [3.8, 4) is 0 Å². The lowest BCUT2D eigenvalue weighted by Crippen LogP contribution is -2.51. The first kappa shape index (κ1) is 25.4. The molecule has 1 saturated heterocycles. The number of carbonyl (C=O) groups excluding carboxylic acids is 1. The SMILES string of the molecule is CC.O=C(Cc1cc(C(F)(F)F)cc(C(F)(F)F)c1)N1CCN(C2=NN3CNN=C3C=C2)CC1. The molecule has 0 unspecified atom stereocenters. The van der Waals surface area contributed by atoms with Crippen molar-refractivity contribution < 1.29 is 31.1 Å². The van der Waals surface area contributed by atoms with Gasteiger partial charge in [0.25, 0.3) is 0 Å². The van der Waals surface area contributed by atoms with Gasteiger partial charge in [-0.3, -0.25) is 10.2 Å². The standard InChI is InChI=1S/C19H18F6N6O.C2H6/c20-18(21,22)13-7-12(8-14(10-13)19(23,24)25)9-17(32)30-5-3-29(4-6-30)16-2-1-15-27-26-11-31(15)28-16;1-2/h1-2,7-8,10,26H,3-6,9,11H2;1-2H3. The average molecular weight is 490 g/mol.